The molecular weight excluding hydrogens is 186 g/mol. The van der Waals surface area contributed by atoms with Crippen molar-refractivity contribution in [2.75, 3.05) is 6.54 Å². The lowest BCUT2D eigenvalue weighted by Crippen LogP contribution is -2.49. The first-order valence-electron chi connectivity index (χ1n) is 4.93. The van der Waals surface area contributed by atoms with Gasteiger partial charge in [-0.05, 0) is 18.1 Å². The number of rotatable bonds is 9. The van der Waals surface area contributed by atoms with Crippen molar-refractivity contribution < 1.29 is 0 Å². The fourth-order valence-electron chi connectivity index (χ4n) is 1.58. The molecule has 0 rings (SSSR count). The largest absolute Gasteiger partial charge is 0.333 e. The second-order valence-corrected chi connectivity index (χ2v) is 7.57. The second kappa shape index (κ2) is 7.53. The van der Waals surface area contributed by atoms with Gasteiger partial charge in [-0.3, -0.25) is 0 Å². The molecule has 1 N–H and O–H groups in total. The van der Waals surface area contributed by atoms with Crippen molar-refractivity contribution in [1.82, 2.24) is 4.98 Å². The Kier molecular flexibility index (Phi) is 7.07. The standard InChI is InChI=1S/C12H21NSi/c1-5-9-13-14(10-6-2,11-7-3)12-8-4/h5-8,13H,1-4,9-12H2. The molecule has 0 aliphatic carbocycles. The van der Waals surface area contributed by atoms with Gasteiger partial charge in [-0.1, -0.05) is 24.3 Å². The van der Waals surface area contributed by atoms with Crippen molar-refractivity contribution in [1.29, 1.82) is 0 Å². The molecule has 0 bridgehead atoms. The maximum Gasteiger partial charge on any atom is 0.137 e. The molecule has 0 heterocycles. The quantitative estimate of drug-likeness (QED) is 0.452. The predicted octanol–water partition coefficient (Wildman–Crippen LogP) is 3.27. The highest BCUT2D eigenvalue weighted by molar-refractivity contribution is 6.78. The Morgan fingerprint density at radius 3 is 1.50 bits per heavy atom. The monoisotopic (exact) mass is 207 g/mol. The van der Waals surface area contributed by atoms with E-state index in [1.165, 1.54) is 0 Å². The van der Waals surface area contributed by atoms with E-state index in [-0.39, 0.29) is 0 Å². The molecule has 0 radical (unpaired) electrons. The maximum absolute atomic E-state index is 3.82. The van der Waals surface area contributed by atoms with Crippen molar-refractivity contribution in [2.45, 2.75) is 18.1 Å². The molecule has 0 aliphatic rings. The average molecular weight is 207 g/mol. The lowest BCUT2D eigenvalue weighted by Gasteiger charge is -2.29. The van der Waals surface area contributed by atoms with Gasteiger partial charge in [0.25, 0.3) is 0 Å². The minimum atomic E-state index is -1.49. The summed E-state index contributed by atoms with van der Waals surface area (Å²) in [6.07, 6.45) is 7.89. The third-order valence-electron chi connectivity index (χ3n) is 2.23. The van der Waals surface area contributed by atoms with Gasteiger partial charge in [-0.15, -0.1) is 26.3 Å². The molecule has 14 heavy (non-hydrogen) atoms. The lowest BCUT2D eigenvalue weighted by atomic mass is 10.7. The zero-order valence-corrected chi connectivity index (χ0v) is 9.97. The summed E-state index contributed by atoms with van der Waals surface area (Å²) in [6, 6.07) is 3.16. The van der Waals surface area contributed by atoms with Gasteiger partial charge in [0.05, 0.1) is 0 Å². The van der Waals surface area contributed by atoms with Crippen LogP contribution in [0.3, 0.4) is 0 Å². The Bertz CT molecular complexity index is 182. The van der Waals surface area contributed by atoms with E-state index in [2.05, 4.69) is 31.3 Å². The first kappa shape index (κ1) is 13.1. The van der Waals surface area contributed by atoms with E-state index >= 15 is 0 Å². The highest BCUT2D eigenvalue weighted by Crippen LogP contribution is 2.19. The third-order valence-corrected chi connectivity index (χ3v) is 6.39. The molecule has 1 nitrogen and oxygen atoms in total. The van der Waals surface area contributed by atoms with Gasteiger partial charge in [0, 0.05) is 6.54 Å². The van der Waals surface area contributed by atoms with Gasteiger partial charge in [-0.2, -0.15) is 0 Å². The molecular formula is C12H21NSi. The summed E-state index contributed by atoms with van der Waals surface area (Å²) in [7, 11) is -1.49. The maximum atomic E-state index is 3.82. The molecule has 0 saturated carbocycles. The topological polar surface area (TPSA) is 12.0 Å². The summed E-state index contributed by atoms with van der Waals surface area (Å²) in [6.45, 7) is 16.0. The van der Waals surface area contributed by atoms with Crippen LogP contribution in [0.5, 0.6) is 0 Å². The highest BCUT2D eigenvalue weighted by Gasteiger charge is 2.27. The minimum Gasteiger partial charge on any atom is -0.333 e. The smallest absolute Gasteiger partial charge is 0.137 e. The normalized spacial score (nSPS) is 10.6. The Hall–Kier alpha value is -0.863. The molecule has 0 spiro atoms. The first-order valence-corrected chi connectivity index (χ1v) is 7.55. The molecule has 0 aromatic heterocycles. The minimum absolute atomic E-state index is 0.863. The van der Waals surface area contributed by atoms with E-state index in [0.29, 0.717) is 0 Å². The molecule has 0 fully saturated rings. The third kappa shape index (κ3) is 4.39. The van der Waals surface area contributed by atoms with Crippen LogP contribution in [0.2, 0.25) is 18.1 Å². The summed E-state index contributed by atoms with van der Waals surface area (Å²) in [5.74, 6) is 0. The van der Waals surface area contributed by atoms with E-state index < -0.39 is 8.24 Å². The van der Waals surface area contributed by atoms with E-state index in [4.69, 9.17) is 0 Å². The molecule has 2 heteroatoms. The van der Waals surface area contributed by atoms with E-state index in [1.807, 2.05) is 24.3 Å². The van der Waals surface area contributed by atoms with Crippen molar-refractivity contribution in [3.63, 3.8) is 0 Å². The molecule has 0 aromatic rings. The molecule has 0 atom stereocenters. The highest BCUT2D eigenvalue weighted by atomic mass is 28.3. The van der Waals surface area contributed by atoms with Crippen LogP contribution >= 0.6 is 0 Å². The van der Waals surface area contributed by atoms with Crippen LogP contribution in [0.1, 0.15) is 0 Å². The SMILES string of the molecule is C=CCN[Si](CC=C)(CC=C)CC=C. The molecule has 0 unspecified atom stereocenters. The van der Waals surface area contributed by atoms with Gasteiger partial charge in [-0.25, -0.2) is 0 Å². The summed E-state index contributed by atoms with van der Waals surface area (Å²) >= 11 is 0. The van der Waals surface area contributed by atoms with Gasteiger partial charge in [0.15, 0.2) is 0 Å². The molecule has 0 saturated heterocycles. The molecule has 78 valence electrons. The molecule has 0 amide bonds. The van der Waals surface area contributed by atoms with E-state index in [0.717, 1.165) is 24.7 Å². The van der Waals surface area contributed by atoms with Crippen LogP contribution in [-0.2, 0) is 0 Å². The van der Waals surface area contributed by atoms with E-state index in [1.54, 1.807) is 0 Å². The van der Waals surface area contributed by atoms with Crippen LogP contribution in [-0.4, -0.2) is 14.8 Å². The fourth-order valence-corrected chi connectivity index (χ4v) is 4.75. The molecule has 0 aliphatic heterocycles. The molecule has 0 aromatic carbocycles. The Morgan fingerprint density at radius 2 is 1.21 bits per heavy atom. The first-order chi connectivity index (χ1) is 6.74. The zero-order valence-electron chi connectivity index (χ0n) is 8.97. The van der Waals surface area contributed by atoms with Gasteiger partial charge < -0.3 is 4.98 Å². The summed E-state index contributed by atoms with van der Waals surface area (Å²) in [5.41, 5.74) is 0. The second-order valence-electron chi connectivity index (χ2n) is 3.43. The Balaban J connectivity index is 4.50. The van der Waals surface area contributed by atoms with Crippen LogP contribution in [0, 0.1) is 0 Å². The van der Waals surface area contributed by atoms with Crippen LogP contribution < -0.4 is 4.98 Å². The Labute approximate surface area is 89.0 Å². The van der Waals surface area contributed by atoms with E-state index in [9.17, 15) is 0 Å². The van der Waals surface area contributed by atoms with Crippen molar-refractivity contribution in [2.24, 2.45) is 0 Å². The Morgan fingerprint density at radius 1 is 0.786 bits per heavy atom. The van der Waals surface area contributed by atoms with Crippen LogP contribution in [0.4, 0.5) is 0 Å². The number of nitrogens with one attached hydrogen (secondary N) is 1. The average Bonchev–Trinajstić information content (AvgIpc) is 2.16. The van der Waals surface area contributed by atoms with Gasteiger partial charge >= 0.3 is 0 Å². The van der Waals surface area contributed by atoms with Crippen molar-refractivity contribution in [3.8, 4) is 0 Å². The summed E-state index contributed by atoms with van der Waals surface area (Å²) in [4.78, 5) is 3.59. The predicted molar refractivity (Wildman–Crippen MR) is 69.0 cm³/mol. The number of allylic oxidation sites excluding steroid dienone is 3. The lowest BCUT2D eigenvalue weighted by molar-refractivity contribution is 0.999. The summed E-state index contributed by atoms with van der Waals surface area (Å²) in [5, 5.41) is 0. The number of hydrogen-bond acceptors (Lipinski definition) is 1. The number of hydrogen-bond donors (Lipinski definition) is 1. The summed E-state index contributed by atoms with van der Waals surface area (Å²) < 4.78 is 0. The van der Waals surface area contributed by atoms with Crippen molar-refractivity contribution in [3.05, 3.63) is 50.6 Å². The zero-order chi connectivity index (χ0) is 10.9. The van der Waals surface area contributed by atoms with Crippen LogP contribution in [0.15, 0.2) is 50.6 Å². The van der Waals surface area contributed by atoms with Gasteiger partial charge in [0.2, 0.25) is 0 Å². The van der Waals surface area contributed by atoms with Crippen molar-refractivity contribution >= 4 is 8.24 Å². The van der Waals surface area contributed by atoms with Crippen LogP contribution in [0.25, 0.3) is 0 Å². The van der Waals surface area contributed by atoms with Gasteiger partial charge in [0.1, 0.15) is 8.24 Å². The fraction of sp³-hybridized carbons (Fsp3) is 0.333.